The van der Waals surface area contributed by atoms with Crippen LogP contribution in [-0.2, 0) is 47.6 Å². The van der Waals surface area contributed by atoms with Gasteiger partial charge >= 0.3 is 11.9 Å². The second kappa shape index (κ2) is 26.0. The Hall–Kier alpha value is -2.80. The fourth-order valence-electron chi connectivity index (χ4n) is 6.38. The van der Waals surface area contributed by atoms with Gasteiger partial charge in [0.1, 0.15) is 18.7 Å². The first-order valence-electron chi connectivity index (χ1n) is 18.3. The number of terminal acetylenes is 1. The average Bonchev–Trinajstić information content (AvgIpc) is 3.59. The zero-order chi connectivity index (χ0) is 36.6. The smallest absolute Gasteiger partial charge is 0.328 e. The SMILES string of the molecule is C#CCOCCOCCOCCOCCN1CCN(C2C[C@@H](C(=O)N[C@@H](CCCC)C(=O)OC)[C@H](C(=O)N[C@@H](CCCC)C(=O)OC)C2)CC1. The zero-order valence-corrected chi connectivity index (χ0v) is 30.8. The Balaban J connectivity index is 1.88. The minimum Gasteiger partial charge on any atom is -0.467 e. The van der Waals surface area contributed by atoms with E-state index in [-0.39, 0.29) is 24.5 Å². The normalized spacial score (nSPS) is 19.7. The summed E-state index contributed by atoms with van der Waals surface area (Å²) in [5, 5.41) is 5.78. The highest BCUT2D eigenvalue weighted by Gasteiger charge is 2.46. The molecule has 0 unspecified atom stereocenters. The van der Waals surface area contributed by atoms with Gasteiger partial charge in [0.25, 0.3) is 0 Å². The molecule has 0 aromatic rings. The number of carbonyl (C=O) groups excluding carboxylic acids is 4. The van der Waals surface area contributed by atoms with Gasteiger partial charge in [-0.2, -0.15) is 0 Å². The van der Waals surface area contributed by atoms with Crippen LogP contribution in [0.15, 0.2) is 0 Å². The number of unbranched alkanes of at least 4 members (excludes halogenated alkanes) is 2. The molecule has 2 amide bonds. The predicted octanol–water partition coefficient (Wildman–Crippen LogP) is 1.39. The van der Waals surface area contributed by atoms with E-state index in [0.29, 0.717) is 71.9 Å². The first kappa shape index (κ1) is 43.4. The van der Waals surface area contributed by atoms with Crippen LogP contribution in [0.3, 0.4) is 0 Å². The average molecular weight is 711 g/mol. The van der Waals surface area contributed by atoms with Gasteiger partial charge in [-0.05, 0) is 25.7 Å². The van der Waals surface area contributed by atoms with E-state index >= 15 is 0 Å². The van der Waals surface area contributed by atoms with Crippen LogP contribution in [0.25, 0.3) is 0 Å². The summed E-state index contributed by atoms with van der Waals surface area (Å²) in [5.74, 6) is -0.547. The van der Waals surface area contributed by atoms with Crippen LogP contribution in [0.5, 0.6) is 0 Å². The van der Waals surface area contributed by atoms with Crippen LogP contribution in [0, 0.1) is 24.2 Å². The van der Waals surface area contributed by atoms with Crippen molar-refractivity contribution in [3.8, 4) is 12.3 Å². The van der Waals surface area contributed by atoms with Crippen molar-refractivity contribution in [2.75, 3.05) is 99.8 Å². The Kier molecular flexibility index (Phi) is 22.6. The number of rotatable bonds is 26. The second-order valence-corrected chi connectivity index (χ2v) is 12.8. The largest absolute Gasteiger partial charge is 0.467 e. The lowest BCUT2D eigenvalue weighted by Crippen LogP contribution is -2.50. The summed E-state index contributed by atoms with van der Waals surface area (Å²) in [6.07, 6.45) is 10.2. The van der Waals surface area contributed by atoms with Crippen LogP contribution in [0.4, 0.5) is 0 Å². The van der Waals surface area contributed by atoms with Crippen LogP contribution < -0.4 is 10.6 Å². The van der Waals surface area contributed by atoms with Gasteiger partial charge in [0.2, 0.25) is 11.8 Å². The molecule has 1 aliphatic carbocycles. The van der Waals surface area contributed by atoms with Crippen molar-refractivity contribution >= 4 is 23.8 Å². The highest BCUT2D eigenvalue weighted by Crippen LogP contribution is 2.36. The molecule has 1 heterocycles. The van der Waals surface area contributed by atoms with E-state index in [1.54, 1.807) is 0 Å². The van der Waals surface area contributed by atoms with Crippen molar-refractivity contribution in [3.05, 3.63) is 0 Å². The molecule has 0 radical (unpaired) electrons. The first-order valence-corrected chi connectivity index (χ1v) is 18.3. The number of piperazine rings is 1. The van der Waals surface area contributed by atoms with Gasteiger partial charge in [0, 0.05) is 38.8 Å². The first-order chi connectivity index (χ1) is 24.3. The molecule has 0 bridgehead atoms. The number of methoxy groups -OCH3 is 2. The summed E-state index contributed by atoms with van der Waals surface area (Å²) < 4.78 is 31.8. The number of esters is 2. The molecule has 0 aromatic heterocycles. The van der Waals surface area contributed by atoms with Gasteiger partial charge in [0.05, 0.1) is 72.3 Å². The minimum absolute atomic E-state index is 0.0101. The summed E-state index contributed by atoms with van der Waals surface area (Å²) in [7, 11) is 2.61. The van der Waals surface area contributed by atoms with Crippen molar-refractivity contribution in [1.29, 1.82) is 0 Å². The molecule has 286 valence electrons. The third kappa shape index (κ3) is 16.0. The number of hydrogen-bond acceptors (Lipinski definition) is 12. The Bertz CT molecular complexity index is 983. The molecule has 14 heteroatoms. The molecule has 50 heavy (non-hydrogen) atoms. The molecule has 2 rings (SSSR count). The quantitative estimate of drug-likeness (QED) is 0.0758. The van der Waals surface area contributed by atoms with E-state index in [1.807, 2.05) is 13.8 Å². The molecule has 1 saturated heterocycles. The lowest BCUT2D eigenvalue weighted by Gasteiger charge is -2.38. The molecule has 14 nitrogen and oxygen atoms in total. The summed E-state index contributed by atoms with van der Waals surface area (Å²) in [5.41, 5.74) is 0. The maximum atomic E-state index is 13.7. The van der Waals surface area contributed by atoms with Crippen LogP contribution >= 0.6 is 0 Å². The molecule has 1 saturated carbocycles. The monoisotopic (exact) mass is 710 g/mol. The van der Waals surface area contributed by atoms with Crippen LogP contribution in [-0.4, -0.2) is 151 Å². The lowest BCUT2D eigenvalue weighted by atomic mass is 9.93. The fraction of sp³-hybridized carbons (Fsp3) is 0.833. The maximum absolute atomic E-state index is 13.7. The van der Waals surface area contributed by atoms with Gasteiger partial charge in [-0.25, -0.2) is 9.59 Å². The number of ether oxygens (including phenoxy) is 6. The van der Waals surface area contributed by atoms with Gasteiger partial charge in [0.15, 0.2) is 0 Å². The summed E-state index contributed by atoms with van der Waals surface area (Å²) in [4.78, 5) is 57.1. The van der Waals surface area contributed by atoms with E-state index in [4.69, 9.17) is 34.8 Å². The molecule has 4 atom stereocenters. The number of carbonyl (C=O) groups is 4. The molecule has 0 aromatic carbocycles. The summed E-state index contributed by atoms with van der Waals surface area (Å²) in [6, 6.07) is -1.54. The summed E-state index contributed by atoms with van der Waals surface area (Å²) in [6.45, 7) is 11.9. The molecule has 2 N–H and O–H groups in total. The number of amides is 2. The van der Waals surface area contributed by atoms with Crippen LogP contribution in [0.2, 0.25) is 0 Å². The van der Waals surface area contributed by atoms with Crippen molar-refractivity contribution in [2.45, 2.75) is 83.3 Å². The Labute approximate surface area is 298 Å². The second-order valence-electron chi connectivity index (χ2n) is 12.8. The van der Waals surface area contributed by atoms with Gasteiger partial charge in [-0.1, -0.05) is 45.5 Å². The number of nitrogens with zero attached hydrogens (tertiary/aromatic N) is 2. The molecule has 0 spiro atoms. The van der Waals surface area contributed by atoms with E-state index < -0.39 is 35.9 Å². The van der Waals surface area contributed by atoms with Crippen molar-refractivity contribution in [1.82, 2.24) is 20.4 Å². The Morgan fingerprint density at radius 1 is 0.700 bits per heavy atom. The van der Waals surface area contributed by atoms with E-state index in [2.05, 4.69) is 26.4 Å². The van der Waals surface area contributed by atoms with E-state index in [0.717, 1.165) is 58.4 Å². The highest BCUT2D eigenvalue weighted by molar-refractivity contribution is 5.92. The maximum Gasteiger partial charge on any atom is 0.328 e. The van der Waals surface area contributed by atoms with E-state index in [9.17, 15) is 19.2 Å². The fourth-order valence-corrected chi connectivity index (χ4v) is 6.38. The molecule has 2 fully saturated rings. The zero-order valence-electron chi connectivity index (χ0n) is 30.8. The minimum atomic E-state index is -0.774. The summed E-state index contributed by atoms with van der Waals surface area (Å²) >= 11 is 0. The van der Waals surface area contributed by atoms with Gasteiger partial charge in [-0.15, -0.1) is 6.42 Å². The third-order valence-corrected chi connectivity index (χ3v) is 9.28. The number of nitrogens with one attached hydrogen (secondary N) is 2. The van der Waals surface area contributed by atoms with Gasteiger partial charge in [-0.3, -0.25) is 19.4 Å². The molecule has 2 aliphatic rings. The Morgan fingerprint density at radius 2 is 1.14 bits per heavy atom. The standard InChI is InChI=1S/C36H62N4O10/c1-6-9-11-31(35(43)45-4)37-33(41)29-26-28(27-30(29)34(42)38-32(12-10-7-2)36(44)46-5)40-15-13-39(14-16-40)17-19-48-21-23-50-25-24-49-22-20-47-18-8-3/h3,28-32H,6-7,9-27H2,1-2,4-5H3,(H,37,41)(H,38,42)/t29-,30-,31+,32+/m1/s1. The third-order valence-electron chi connectivity index (χ3n) is 9.28. The lowest BCUT2D eigenvalue weighted by molar-refractivity contribution is -0.147. The van der Waals surface area contributed by atoms with Crippen molar-refractivity contribution in [3.63, 3.8) is 0 Å². The molecular formula is C36H62N4O10. The molecule has 1 aliphatic heterocycles. The van der Waals surface area contributed by atoms with E-state index in [1.165, 1.54) is 14.2 Å². The van der Waals surface area contributed by atoms with Crippen molar-refractivity contribution < 1.29 is 47.6 Å². The van der Waals surface area contributed by atoms with Gasteiger partial charge < -0.3 is 39.1 Å². The highest BCUT2D eigenvalue weighted by atomic mass is 16.6. The topological polar surface area (TPSA) is 154 Å². The number of hydrogen-bond donors (Lipinski definition) is 2. The predicted molar refractivity (Wildman–Crippen MR) is 187 cm³/mol. The Morgan fingerprint density at radius 3 is 1.56 bits per heavy atom. The van der Waals surface area contributed by atoms with Crippen molar-refractivity contribution in [2.24, 2.45) is 11.8 Å². The molecular weight excluding hydrogens is 648 g/mol. The van der Waals surface area contributed by atoms with Crippen LogP contribution in [0.1, 0.15) is 65.2 Å².